The summed E-state index contributed by atoms with van der Waals surface area (Å²) in [5.41, 5.74) is 2.34. The van der Waals surface area contributed by atoms with Crippen LogP contribution < -0.4 is 15.0 Å². The number of anilines is 1. The first-order chi connectivity index (χ1) is 18.3. The summed E-state index contributed by atoms with van der Waals surface area (Å²) in [6.45, 7) is 5.07. The molecule has 2 aromatic carbocycles. The second-order valence-electron chi connectivity index (χ2n) is 10.7. The Morgan fingerprint density at radius 2 is 1.84 bits per heavy atom. The molecule has 2 N–H and O–H groups in total. The average molecular weight is 587 g/mol. The van der Waals surface area contributed by atoms with E-state index in [0.29, 0.717) is 29.1 Å². The molecule has 0 aliphatic carbocycles. The van der Waals surface area contributed by atoms with Gasteiger partial charge in [-0.25, -0.2) is 4.79 Å². The molecule has 8 heteroatoms. The number of carbonyl (C=O) groups is 2. The van der Waals surface area contributed by atoms with Gasteiger partial charge in [-0.3, -0.25) is 14.6 Å². The normalized spacial score (nSPS) is 21.9. The van der Waals surface area contributed by atoms with Crippen molar-refractivity contribution in [1.82, 2.24) is 10.2 Å². The number of carbonyl (C=O) groups excluding carboxylic acids is 1. The topological polar surface area (TPSA) is 82.1 Å². The van der Waals surface area contributed by atoms with Crippen LogP contribution in [0.4, 0.5) is 10.5 Å². The molecule has 2 aliphatic heterocycles. The number of nitrogens with zero attached hydrogens (tertiary/aromatic N) is 2. The molecule has 2 heterocycles. The lowest BCUT2D eigenvalue weighted by Crippen LogP contribution is -2.58. The van der Waals surface area contributed by atoms with Crippen LogP contribution in [0.15, 0.2) is 46.9 Å². The number of fused-ring (bicyclic) bond motifs is 2. The molecule has 2 saturated heterocycles. The number of halogens is 1. The van der Waals surface area contributed by atoms with Gasteiger partial charge in [-0.2, -0.15) is 0 Å². The fraction of sp³-hybridized carbons (Fsp3) is 0.533. The van der Waals surface area contributed by atoms with E-state index in [1.165, 1.54) is 6.42 Å². The first kappa shape index (κ1) is 28.4. The zero-order chi connectivity index (χ0) is 27.2. The summed E-state index contributed by atoms with van der Waals surface area (Å²) >= 11 is 3.42. The van der Waals surface area contributed by atoms with Gasteiger partial charge in [-0.1, -0.05) is 35.3 Å². The van der Waals surface area contributed by atoms with Gasteiger partial charge in [-0.05, 0) is 100 Å². The van der Waals surface area contributed by atoms with Crippen LogP contribution in [0.2, 0.25) is 0 Å². The van der Waals surface area contributed by atoms with Crippen molar-refractivity contribution >= 4 is 33.6 Å². The number of nitrogens with one attached hydrogen (secondary N) is 1. The predicted octanol–water partition coefficient (Wildman–Crippen LogP) is 6.62. The van der Waals surface area contributed by atoms with Gasteiger partial charge in [0.2, 0.25) is 0 Å². The first-order valence-electron chi connectivity index (χ1n) is 13.8. The zero-order valence-electron chi connectivity index (χ0n) is 22.7. The van der Waals surface area contributed by atoms with Crippen molar-refractivity contribution < 1.29 is 19.4 Å². The van der Waals surface area contributed by atoms with Crippen molar-refractivity contribution in [3.63, 3.8) is 0 Å². The van der Waals surface area contributed by atoms with Crippen LogP contribution in [0.25, 0.3) is 0 Å². The maximum Gasteiger partial charge on any atom is 0.412 e. The van der Waals surface area contributed by atoms with Crippen molar-refractivity contribution in [2.24, 2.45) is 0 Å². The summed E-state index contributed by atoms with van der Waals surface area (Å²) in [5.74, 6) is 0.573. The maximum atomic E-state index is 12.7. The van der Waals surface area contributed by atoms with Crippen LogP contribution in [0.5, 0.6) is 5.75 Å². The SMILES string of the molecule is CCC(CCCN1C2CCCC1CC(N(C(=O)O)c1cc(C)ccc1OC)C2)NC(=O)c1ccc(Br)cc1. The molecule has 3 atom stereocenters. The Bertz CT molecular complexity index is 1100. The molecule has 2 aromatic rings. The molecule has 0 spiro atoms. The number of benzene rings is 2. The molecular formula is C30H40BrN3O4. The Balaban J connectivity index is 1.37. The number of ether oxygens (including phenoxy) is 1. The smallest absolute Gasteiger partial charge is 0.412 e. The molecule has 3 unspecified atom stereocenters. The zero-order valence-corrected chi connectivity index (χ0v) is 24.2. The Hall–Kier alpha value is -2.58. The van der Waals surface area contributed by atoms with Crippen molar-refractivity contribution in [3.05, 3.63) is 58.1 Å². The largest absolute Gasteiger partial charge is 0.495 e. The van der Waals surface area contributed by atoms with E-state index in [9.17, 15) is 14.7 Å². The Kier molecular flexibility index (Phi) is 9.71. The van der Waals surface area contributed by atoms with Crippen molar-refractivity contribution in [2.45, 2.75) is 89.4 Å². The van der Waals surface area contributed by atoms with E-state index in [2.05, 4.69) is 33.1 Å². The number of aryl methyl sites for hydroxylation is 1. The molecule has 4 rings (SSSR count). The van der Waals surface area contributed by atoms with Gasteiger partial charge in [0.15, 0.2) is 0 Å². The van der Waals surface area contributed by atoms with Crippen LogP contribution in [0, 0.1) is 6.92 Å². The van der Waals surface area contributed by atoms with E-state index < -0.39 is 6.09 Å². The van der Waals surface area contributed by atoms with Crippen molar-refractivity contribution in [1.29, 1.82) is 0 Å². The standard InChI is InChI=1S/C30H40BrN3O4/c1-4-23(32-29(35)21-11-13-22(31)14-12-21)7-6-16-33-24-8-5-9-25(33)19-26(18-24)34(30(36)37)27-17-20(2)10-15-28(27)38-3/h10-15,17,23-26H,4-9,16,18-19H2,1-3H3,(H,32,35)(H,36,37). The van der Waals surface area contributed by atoms with Crippen molar-refractivity contribution in [2.75, 3.05) is 18.6 Å². The van der Waals surface area contributed by atoms with E-state index in [-0.39, 0.29) is 18.0 Å². The van der Waals surface area contributed by atoms with Gasteiger partial charge >= 0.3 is 6.09 Å². The third-order valence-electron chi connectivity index (χ3n) is 8.17. The molecule has 7 nitrogen and oxygen atoms in total. The molecule has 0 radical (unpaired) electrons. The van der Waals surface area contributed by atoms with Crippen LogP contribution >= 0.6 is 15.9 Å². The molecule has 2 bridgehead atoms. The third-order valence-corrected chi connectivity index (χ3v) is 8.70. The summed E-state index contributed by atoms with van der Waals surface area (Å²) in [6, 6.07) is 14.0. The van der Waals surface area contributed by atoms with Gasteiger partial charge in [0.05, 0.1) is 12.8 Å². The monoisotopic (exact) mass is 585 g/mol. The number of amides is 2. The number of hydrogen-bond acceptors (Lipinski definition) is 4. The quantitative estimate of drug-likeness (QED) is 0.327. The van der Waals surface area contributed by atoms with Crippen LogP contribution in [-0.2, 0) is 0 Å². The van der Waals surface area contributed by atoms with Gasteiger partial charge in [-0.15, -0.1) is 0 Å². The molecular weight excluding hydrogens is 546 g/mol. The molecule has 2 fully saturated rings. The van der Waals surface area contributed by atoms with Gasteiger partial charge < -0.3 is 15.2 Å². The Morgan fingerprint density at radius 1 is 1.16 bits per heavy atom. The van der Waals surface area contributed by atoms with Crippen LogP contribution in [0.3, 0.4) is 0 Å². The van der Waals surface area contributed by atoms with Gasteiger partial charge in [0.25, 0.3) is 5.91 Å². The number of methoxy groups -OCH3 is 1. The highest BCUT2D eigenvalue weighted by molar-refractivity contribution is 9.10. The number of carboxylic acid groups (broad SMARTS) is 1. The third kappa shape index (κ3) is 6.70. The molecule has 0 aromatic heterocycles. The van der Waals surface area contributed by atoms with Crippen LogP contribution in [-0.4, -0.2) is 59.8 Å². The summed E-state index contributed by atoms with van der Waals surface area (Å²) in [6.07, 6.45) is 6.97. The van der Waals surface area contributed by atoms with Crippen LogP contribution in [0.1, 0.15) is 74.2 Å². The average Bonchev–Trinajstić information content (AvgIpc) is 2.88. The second kappa shape index (κ2) is 13.0. The summed E-state index contributed by atoms with van der Waals surface area (Å²) in [5, 5.41) is 13.4. The number of hydrogen-bond donors (Lipinski definition) is 2. The summed E-state index contributed by atoms with van der Waals surface area (Å²) in [4.78, 5) is 29.4. The lowest BCUT2D eigenvalue weighted by atomic mass is 9.80. The fourth-order valence-electron chi connectivity index (χ4n) is 6.24. The molecule has 206 valence electrons. The molecule has 2 aliphatic rings. The first-order valence-corrected chi connectivity index (χ1v) is 14.6. The lowest BCUT2D eigenvalue weighted by Gasteiger charge is -2.51. The van der Waals surface area contributed by atoms with E-state index in [1.54, 1.807) is 12.0 Å². The van der Waals surface area contributed by atoms with Crippen molar-refractivity contribution in [3.8, 4) is 5.75 Å². The number of rotatable bonds is 10. The minimum absolute atomic E-state index is 0.0256. The predicted molar refractivity (Wildman–Crippen MR) is 154 cm³/mol. The van der Waals surface area contributed by atoms with E-state index in [0.717, 1.165) is 61.5 Å². The Morgan fingerprint density at radius 3 is 2.45 bits per heavy atom. The van der Waals surface area contributed by atoms with E-state index in [4.69, 9.17) is 4.74 Å². The maximum absolute atomic E-state index is 12.7. The Labute approximate surface area is 234 Å². The highest BCUT2D eigenvalue weighted by Gasteiger charge is 2.42. The second-order valence-corrected chi connectivity index (χ2v) is 11.6. The minimum atomic E-state index is -0.919. The lowest BCUT2D eigenvalue weighted by molar-refractivity contribution is 0.0282. The molecule has 38 heavy (non-hydrogen) atoms. The van der Waals surface area contributed by atoms with Gasteiger partial charge in [0, 0.05) is 34.2 Å². The summed E-state index contributed by atoms with van der Waals surface area (Å²) < 4.78 is 6.50. The highest BCUT2D eigenvalue weighted by Crippen LogP contribution is 2.40. The molecule has 2 amide bonds. The highest BCUT2D eigenvalue weighted by atomic mass is 79.9. The minimum Gasteiger partial charge on any atom is -0.495 e. The van der Waals surface area contributed by atoms with E-state index in [1.807, 2.05) is 49.4 Å². The number of piperidine rings is 2. The fourth-order valence-corrected chi connectivity index (χ4v) is 6.50. The van der Waals surface area contributed by atoms with E-state index >= 15 is 0 Å². The summed E-state index contributed by atoms with van der Waals surface area (Å²) in [7, 11) is 1.59. The van der Waals surface area contributed by atoms with Gasteiger partial charge in [0.1, 0.15) is 5.75 Å². The molecule has 0 saturated carbocycles.